The van der Waals surface area contributed by atoms with Gasteiger partial charge in [-0.1, -0.05) is 12.1 Å². The molecule has 0 fully saturated rings. The third kappa shape index (κ3) is 2.62. The van der Waals surface area contributed by atoms with Gasteiger partial charge >= 0.3 is 0 Å². The number of rotatable bonds is 3. The van der Waals surface area contributed by atoms with Crippen molar-refractivity contribution in [2.45, 2.75) is 6.92 Å². The fraction of sp³-hybridized carbons (Fsp3) is 0.0588. The Morgan fingerprint density at radius 2 is 1.96 bits per heavy atom. The highest BCUT2D eigenvalue weighted by Gasteiger charge is 2.09. The van der Waals surface area contributed by atoms with Crippen LogP contribution < -0.4 is 5.32 Å². The summed E-state index contributed by atoms with van der Waals surface area (Å²) in [6.45, 7) is 2.05. The van der Waals surface area contributed by atoms with Crippen LogP contribution in [0.2, 0.25) is 0 Å². The van der Waals surface area contributed by atoms with Crippen molar-refractivity contribution < 1.29 is 0 Å². The highest BCUT2D eigenvalue weighted by molar-refractivity contribution is 5.77. The standard InChI is InChI=1S/C17H14N6/c1-12-4-2-5-13(10-12)21-17-18-9-7-15(22-17)14-11-20-23-16(14)6-3-8-19-23/h2-11H,1H3,(H,18,21,22). The minimum absolute atomic E-state index is 0.552. The summed E-state index contributed by atoms with van der Waals surface area (Å²) >= 11 is 0. The van der Waals surface area contributed by atoms with Crippen molar-refractivity contribution in [1.29, 1.82) is 0 Å². The molecule has 4 rings (SSSR count). The SMILES string of the molecule is Cc1cccc(Nc2nccc(-c3cnn4ncccc34)n2)c1. The van der Waals surface area contributed by atoms with Crippen LogP contribution in [0.25, 0.3) is 16.8 Å². The molecule has 4 aromatic rings. The Bertz CT molecular complexity index is 975. The smallest absolute Gasteiger partial charge is 0.227 e. The number of nitrogens with zero attached hydrogens (tertiary/aromatic N) is 5. The zero-order valence-corrected chi connectivity index (χ0v) is 12.5. The van der Waals surface area contributed by atoms with Crippen molar-refractivity contribution in [2.24, 2.45) is 0 Å². The zero-order valence-electron chi connectivity index (χ0n) is 12.5. The summed E-state index contributed by atoms with van der Waals surface area (Å²) in [6.07, 6.45) is 5.20. The predicted molar refractivity (Wildman–Crippen MR) is 88.5 cm³/mol. The number of hydrogen-bond acceptors (Lipinski definition) is 5. The molecule has 0 saturated carbocycles. The first-order valence-corrected chi connectivity index (χ1v) is 7.26. The summed E-state index contributed by atoms with van der Waals surface area (Å²) in [4.78, 5) is 8.88. The van der Waals surface area contributed by atoms with Gasteiger partial charge in [0.2, 0.25) is 5.95 Å². The van der Waals surface area contributed by atoms with Crippen molar-refractivity contribution in [3.63, 3.8) is 0 Å². The van der Waals surface area contributed by atoms with Crippen molar-refractivity contribution in [3.05, 3.63) is 66.6 Å². The van der Waals surface area contributed by atoms with Crippen LogP contribution in [0.5, 0.6) is 0 Å². The van der Waals surface area contributed by atoms with Gasteiger partial charge in [-0.3, -0.25) is 0 Å². The molecule has 6 nitrogen and oxygen atoms in total. The topological polar surface area (TPSA) is 68.0 Å². The molecule has 112 valence electrons. The molecule has 0 unspecified atom stereocenters. The molecule has 0 radical (unpaired) electrons. The van der Waals surface area contributed by atoms with Crippen molar-refractivity contribution in [1.82, 2.24) is 24.8 Å². The number of nitrogens with one attached hydrogen (secondary N) is 1. The zero-order chi connectivity index (χ0) is 15.6. The van der Waals surface area contributed by atoms with E-state index in [1.54, 1.807) is 23.2 Å². The quantitative estimate of drug-likeness (QED) is 0.629. The maximum Gasteiger partial charge on any atom is 0.227 e. The van der Waals surface area contributed by atoms with Gasteiger partial charge < -0.3 is 5.32 Å². The second-order valence-electron chi connectivity index (χ2n) is 5.22. The van der Waals surface area contributed by atoms with E-state index < -0.39 is 0 Å². The molecule has 0 saturated heterocycles. The molecule has 3 heterocycles. The molecule has 0 bridgehead atoms. The lowest BCUT2D eigenvalue weighted by atomic mass is 10.2. The average Bonchev–Trinajstić information content (AvgIpc) is 2.99. The molecule has 0 aliphatic carbocycles. The largest absolute Gasteiger partial charge is 0.324 e. The number of benzene rings is 1. The number of hydrogen-bond donors (Lipinski definition) is 1. The first-order chi connectivity index (χ1) is 11.3. The second-order valence-corrected chi connectivity index (χ2v) is 5.22. The molecule has 0 amide bonds. The van der Waals surface area contributed by atoms with Gasteiger partial charge in [-0.2, -0.15) is 14.8 Å². The maximum absolute atomic E-state index is 4.59. The number of aryl methyl sites for hydroxylation is 1. The van der Waals surface area contributed by atoms with Gasteiger partial charge in [-0.25, -0.2) is 9.97 Å². The molecule has 1 aromatic carbocycles. The first kappa shape index (κ1) is 13.4. The molecule has 0 aliphatic rings. The van der Waals surface area contributed by atoms with E-state index in [9.17, 15) is 0 Å². The van der Waals surface area contributed by atoms with Crippen molar-refractivity contribution in [2.75, 3.05) is 5.32 Å². The predicted octanol–water partition coefficient (Wildman–Crippen LogP) is 3.24. The minimum atomic E-state index is 0.552. The molecule has 23 heavy (non-hydrogen) atoms. The van der Waals surface area contributed by atoms with Gasteiger partial charge in [0, 0.05) is 23.6 Å². The maximum atomic E-state index is 4.59. The summed E-state index contributed by atoms with van der Waals surface area (Å²) in [5, 5.41) is 11.6. The van der Waals surface area contributed by atoms with Crippen molar-refractivity contribution >= 4 is 17.2 Å². The molecule has 1 N–H and O–H groups in total. The van der Waals surface area contributed by atoms with E-state index in [1.807, 2.05) is 30.3 Å². The number of fused-ring (bicyclic) bond motifs is 1. The highest BCUT2D eigenvalue weighted by atomic mass is 15.4. The fourth-order valence-electron chi connectivity index (χ4n) is 2.45. The lowest BCUT2D eigenvalue weighted by Crippen LogP contribution is -1.98. The number of anilines is 2. The normalized spacial score (nSPS) is 10.8. The molecule has 0 aliphatic heterocycles. The molecule has 3 aromatic heterocycles. The van der Waals surface area contributed by atoms with Crippen LogP contribution in [0.4, 0.5) is 11.6 Å². The summed E-state index contributed by atoms with van der Waals surface area (Å²) in [7, 11) is 0. The van der Waals surface area contributed by atoms with Gasteiger partial charge in [0.15, 0.2) is 0 Å². The fourth-order valence-corrected chi connectivity index (χ4v) is 2.45. The van der Waals surface area contributed by atoms with Crippen LogP contribution in [0, 0.1) is 6.92 Å². The molecular formula is C17H14N6. The highest BCUT2D eigenvalue weighted by Crippen LogP contribution is 2.23. The Balaban J connectivity index is 1.71. The second kappa shape index (κ2) is 5.49. The number of aromatic nitrogens is 5. The Labute approximate surface area is 132 Å². The summed E-state index contributed by atoms with van der Waals surface area (Å²) in [5.74, 6) is 0.552. The van der Waals surface area contributed by atoms with E-state index in [0.717, 1.165) is 22.5 Å². The van der Waals surface area contributed by atoms with Crippen LogP contribution in [-0.2, 0) is 0 Å². The molecular weight excluding hydrogens is 288 g/mol. The van der Waals surface area contributed by atoms with Gasteiger partial charge in [-0.15, -0.1) is 0 Å². The van der Waals surface area contributed by atoms with Crippen LogP contribution in [0.1, 0.15) is 5.56 Å². The van der Waals surface area contributed by atoms with Crippen molar-refractivity contribution in [3.8, 4) is 11.3 Å². The minimum Gasteiger partial charge on any atom is -0.324 e. The first-order valence-electron chi connectivity index (χ1n) is 7.26. The van der Waals surface area contributed by atoms with E-state index in [0.29, 0.717) is 5.95 Å². The third-order valence-corrected chi connectivity index (χ3v) is 3.51. The van der Waals surface area contributed by atoms with Crippen LogP contribution in [0.15, 0.2) is 61.1 Å². The van der Waals surface area contributed by atoms with Crippen LogP contribution in [0.3, 0.4) is 0 Å². The van der Waals surface area contributed by atoms with E-state index in [4.69, 9.17) is 0 Å². The Morgan fingerprint density at radius 3 is 2.87 bits per heavy atom. The Hall–Kier alpha value is -3.28. The van der Waals surface area contributed by atoms with Crippen LogP contribution >= 0.6 is 0 Å². The summed E-state index contributed by atoms with van der Waals surface area (Å²) in [5.41, 5.74) is 4.78. The van der Waals surface area contributed by atoms with Crippen LogP contribution in [-0.4, -0.2) is 24.8 Å². The lowest BCUT2D eigenvalue weighted by molar-refractivity contribution is 0.800. The Morgan fingerprint density at radius 1 is 1.00 bits per heavy atom. The summed E-state index contributed by atoms with van der Waals surface area (Å²) in [6, 6.07) is 13.8. The van der Waals surface area contributed by atoms with E-state index >= 15 is 0 Å². The Kier molecular flexibility index (Phi) is 3.20. The average molecular weight is 302 g/mol. The van der Waals surface area contributed by atoms with Gasteiger partial charge in [0.05, 0.1) is 17.4 Å². The van der Waals surface area contributed by atoms with Gasteiger partial charge in [0.1, 0.15) is 0 Å². The summed E-state index contributed by atoms with van der Waals surface area (Å²) < 4.78 is 1.59. The molecule has 0 atom stereocenters. The molecule has 6 heteroatoms. The van der Waals surface area contributed by atoms with E-state index in [2.05, 4.69) is 44.5 Å². The van der Waals surface area contributed by atoms with Gasteiger partial charge in [-0.05, 0) is 42.8 Å². The van der Waals surface area contributed by atoms with E-state index in [1.165, 1.54) is 5.56 Å². The van der Waals surface area contributed by atoms with E-state index in [-0.39, 0.29) is 0 Å². The third-order valence-electron chi connectivity index (χ3n) is 3.51. The monoisotopic (exact) mass is 302 g/mol. The van der Waals surface area contributed by atoms with Gasteiger partial charge in [0.25, 0.3) is 0 Å². The lowest BCUT2D eigenvalue weighted by Gasteiger charge is -2.06. The molecule has 0 spiro atoms.